The van der Waals surface area contributed by atoms with Crippen LogP contribution in [-0.2, 0) is 17.7 Å². The van der Waals surface area contributed by atoms with E-state index in [9.17, 15) is 8.60 Å². The van der Waals surface area contributed by atoms with E-state index in [4.69, 9.17) is 0 Å². The third-order valence-corrected chi connectivity index (χ3v) is 9.69. The lowest BCUT2D eigenvalue weighted by Gasteiger charge is -2.31. The van der Waals surface area contributed by atoms with Crippen LogP contribution < -0.4 is 8.61 Å². The molecule has 178 valence electrons. The first kappa shape index (κ1) is 23.1. The molecule has 1 aromatic carbocycles. The van der Waals surface area contributed by atoms with E-state index in [0.29, 0.717) is 53.1 Å². The summed E-state index contributed by atoms with van der Waals surface area (Å²) in [6.07, 6.45) is 4.91. The first-order valence-electron chi connectivity index (χ1n) is 11.4. The molecule has 1 saturated carbocycles. The molecule has 9 heteroatoms. The Morgan fingerprint density at radius 2 is 1.97 bits per heavy atom. The van der Waals surface area contributed by atoms with Crippen molar-refractivity contribution in [3.8, 4) is 11.3 Å². The summed E-state index contributed by atoms with van der Waals surface area (Å²) in [6.45, 7) is 4.53. The predicted molar refractivity (Wildman–Crippen MR) is 133 cm³/mol. The number of piperidine rings is 1. The number of anilines is 2. The summed E-state index contributed by atoms with van der Waals surface area (Å²) < 4.78 is 45.8. The molecule has 1 saturated heterocycles. The topological polar surface area (TPSA) is 39.7 Å². The van der Waals surface area contributed by atoms with Crippen molar-refractivity contribution >= 4 is 34.4 Å². The van der Waals surface area contributed by atoms with Gasteiger partial charge in [0.1, 0.15) is 11.5 Å². The number of halogens is 2. The van der Waals surface area contributed by atoms with Gasteiger partial charge in [-0.2, -0.15) is 11.8 Å². The van der Waals surface area contributed by atoms with Gasteiger partial charge in [-0.25, -0.2) is 18.0 Å². The lowest BCUT2D eigenvalue weighted by molar-refractivity contribution is 0.222. The van der Waals surface area contributed by atoms with Crippen molar-refractivity contribution in [1.29, 1.82) is 0 Å². The van der Waals surface area contributed by atoms with E-state index in [0.717, 1.165) is 25.9 Å². The Bertz CT molecular complexity index is 1070. The van der Waals surface area contributed by atoms with Crippen LogP contribution in [0.25, 0.3) is 11.3 Å². The molecule has 1 aliphatic carbocycles. The smallest absolute Gasteiger partial charge is 0.226 e. The molecule has 5 rings (SSSR count). The number of hydrogen-bond donors (Lipinski definition) is 0. The molecule has 3 heterocycles. The van der Waals surface area contributed by atoms with Gasteiger partial charge in [0.15, 0.2) is 5.82 Å². The summed E-state index contributed by atoms with van der Waals surface area (Å²) in [6, 6.07) is 9.07. The van der Waals surface area contributed by atoms with Crippen LogP contribution in [0.3, 0.4) is 0 Å². The van der Waals surface area contributed by atoms with Gasteiger partial charge >= 0.3 is 0 Å². The molecule has 3 aliphatic rings. The molecule has 0 N–H and O–H groups in total. The minimum Gasteiger partial charge on any atom is -0.299 e. The number of benzene rings is 1. The molecule has 2 aromatic rings. The average Bonchev–Trinajstić information content (AvgIpc) is 3.36. The second kappa shape index (κ2) is 8.82. The summed E-state index contributed by atoms with van der Waals surface area (Å²) >= 11 is 0.453. The van der Waals surface area contributed by atoms with Crippen molar-refractivity contribution in [2.45, 2.75) is 43.6 Å². The van der Waals surface area contributed by atoms with Crippen molar-refractivity contribution in [2.24, 2.45) is 5.92 Å². The van der Waals surface area contributed by atoms with Gasteiger partial charge in [-0.15, -0.1) is 0 Å². The van der Waals surface area contributed by atoms with E-state index in [1.807, 2.05) is 30.0 Å². The van der Waals surface area contributed by atoms with Crippen LogP contribution in [0.5, 0.6) is 0 Å². The number of fused-ring (bicyclic) bond motifs is 1. The largest absolute Gasteiger partial charge is 0.299 e. The van der Waals surface area contributed by atoms with Crippen molar-refractivity contribution in [1.82, 2.24) is 9.88 Å². The monoisotopic (exact) mass is 492 g/mol. The highest BCUT2D eigenvalue weighted by Gasteiger charge is 2.53. The van der Waals surface area contributed by atoms with E-state index in [2.05, 4.69) is 16.1 Å². The number of pyridine rings is 1. The van der Waals surface area contributed by atoms with Crippen LogP contribution in [0.1, 0.15) is 31.7 Å². The summed E-state index contributed by atoms with van der Waals surface area (Å²) in [5.41, 5.74) is 1.15. The van der Waals surface area contributed by atoms with Gasteiger partial charge in [-0.1, -0.05) is 12.1 Å². The minimum atomic E-state index is -1.46. The Kier molecular flexibility index (Phi) is 6.16. The Morgan fingerprint density at radius 1 is 1.24 bits per heavy atom. The maximum atomic E-state index is 15.5. The first-order chi connectivity index (χ1) is 15.8. The normalized spacial score (nSPS) is 27.8. The maximum absolute atomic E-state index is 15.5. The average molecular weight is 493 g/mol. The number of thioether (sulfide) groups is 1. The van der Waals surface area contributed by atoms with Gasteiger partial charge < -0.3 is 0 Å². The molecule has 2 aliphatic heterocycles. The van der Waals surface area contributed by atoms with E-state index >= 15 is 4.39 Å². The zero-order valence-corrected chi connectivity index (χ0v) is 20.9. The lowest BCUT2D eigenvalue weighted by Crippen LogP contribution is -2.34. The van der Waals surface area contributed by atoms with Crippen LogP contribution in [0, 0.1) is 11.7 Å². The van der Waals surface area contributed by atoms with Gasteiger partial charge in [0.2, 0.25) is 11.2 Å². The van der Waals surface area contributed by atoms with E-state index in [-0.39, 0.29) is 11.7 Å². The van der Waals surface area contributed by atoms with Crippen LogP contribution in [-0.4, -0.2) is 57.9 Å². The number of likely N-dealkylation sites (tertiary alicyclic amines) is 1. The van der Waals surface area contributed by atoms with Crippen LogP contribution >= 0.6 is 11.8 Å². The highest BCUT2D eigenvalue weighted by Crippen LogP contribution is 2.49. The second-order valence-electron chi connectivity index (χ2n) is 9.50. The zero-order valence-electron chi connectivity index (χ0n) is 19.3. The molecule has 33 heavy (non-hydrogen) atoms. The highest BCUT2D eigenvalue weighted by atomic mass is 32.2. The van der Waals surface area contributed by atoms with Crippen LogP contribution in [0.15, 0.2) is 30.3 Å². The molecule has 0 amide bonds. The number of alkyl halides is 1. The molecule has 0 radical (unpaired) electrons. The molecular formula is C24H30F2N4OS2. The molecular weight excluding hydrogens is 462 g/mol. The summed E-state index contributed by atoms with van der Waals surface area (Å²) in [5, 5.41) is 0.703. The molecule has 0 spiro atoms. The highest BCUT2D eigenvalue weighted by molar-refractivity contribution is 7.99. The SMILES string of the molecule is CSC1CCN(Cc2cccc(-c3ccc4c(n3)N(C)S(=O)N4CC3CC3(C)F)c2F)CC1. The second-order valence-corrected chi connectivity index (χ2v) is 12.1. The third kappa shape index (κ3) is 4.39. The fourth-order valence-corrected chi connectivity index (χ4v) is 6.69. The van der Waals surface area contributed by atoms with Gasteiger partial charge in [0.05, 0.1) is 11.4 Å². The summed E-state index contributed by atoms with van der Waals surface area (Å²) in [5.74, 6) is 0.160. The fraction of sp³-hybridized carbons (Fsp3) is 0.542. The number of rotatable bonds is 6. The summed E-state index contributed by atoms with van der Waals surface area (Å²) in [4.78, 5) is 7.00. The van der Waals surface area contributed by atoms with E-state index in [1.54, 1.807) is 34.7 Å². The molecule has 3 atom stereocenters. The fourth-order valence-electron chi connectivity index (χ4n) is 4.81. The lowest BCUT2D eigenvalue weighted by atomic mass is 10.0. The molecule has 5 nitrogen and oxygen atoms in total. The standard InChI is InChI=1S/C24H30F2N4OS2/c1-24(26)13-17(24)15-30-21-8-7-20(27-23(21)28(2)33(30)31)19-6-4-5-16(22(19)25)14-29-11-9-18(32-3)10-12-29/h4-8,17-18H,9-15H2,1-3H3. The number of hydrogen-bond acceptors (Lipinski definition) is 4. The van der Waals surface area contributed by atoms with Crippen molar-refractivity contribution in [3.63, 3.8) is 0 Å². The van der Waals surface area contributed by atoms with Gasteiger partial charge in [-0.3, -0.25) is 13.5 Å². The Balaban J connectivity index is 1.37. The van der Waals surface area contributed by atoms with E-state index in [1.165, 1.54) is 0 Å². The Hall–Kier alpha value is -1.71. The molecule has 0 bridgehead atoms. The third-order valence-electron chi connectivity index (χ3n) is 7.18. The number of aromatic nitrogens is 1. The quantitative estimate of drug-likeness (QED) is 0.581. The molecule has 1 aromatic heterocycles. The summed E-state index contributed by atoms with van der Waals surface area (Å²) in [7, 11) is 1.71. The zero-order chi connectivity index (χ0) is 23.3. The van der Waals surface area contributed by atoms with Gasteiger partial charge in [0.25, 0.3) is 0 Å². The maximum Gasteiger partial charge on any atom is 0.226 e. The van der Waals surface area contributed by atoms with Crippen LogP contribution in [0.4, 0.5) is 20.3 Å². The first-order valence-corrected chi connectivity index (χ1v) is 13.8. The molecule has 3 unspecified atom stereocenters. The Labute approximate surface area is 201 Å². The van der Waals surface area contributed by atoms with Gasteiger partial charge in [-0.05, 0) is 63.7 Å². The van der Waals surface area contributed by atoms with Crippen LogP contribution in [0.2, 0.25) is 0 Å². The van der Waals surface area contributed by atoms with Crippen molar-refractivity contribution in [2.75, 3.05) is 41.5 Å². The van der Waals surface area contributed by atoms with Gasteiger partial charge in [0, 0.05) is 42.4 Å². The molecule has 2 fully saturated rings. The number of nitrogens with zero attached hydrogens (tertiary/aromatic N) is 4. The van der Waals surface area contributed by atoms with Crippen molar-refractivity contribution < 1.29 is 13.0 Å². The Morgan fingerprint density at radius 3 is 2.64 bits per heavy atom. The van der Waals surface area contributed by atoms with E-state index < -0.39 is 16.8 Å². The predicted octanol–water partition coefficient (Wildman–Crippen LogP) is 4.80. The van der Waals surface area contributed by atoms with Crippen molar-refractivity contribution in [3.05, 3.63) is 41.7 Å². The minimum absolute atomic E-state index is 0.129.